The van der Waals surface area contributed by atoms with Crippen molar-refractivity contribution in [3.8, 4) is 0 Å². The minimum Gasteiger partial charge on any atom is -0.422 e. The summed E-state index contributed by atoms with van der Waals surface area (Å²) >= 11 is 0. The number of aryl methyl sites for hydroxylation is 2. The molecule has 0 aliphatic carbocycles. The van der Waals surface area contributed by atoms with E-state index < -0.39 is 11.5 Å². The average molecular weight is 403 g/mol. The summed E-state index contributed by atoms with van der Waals surface area (Å²) in [5, 5.41) is 0.642. The summed E-state index contributed by atoms with van der Waals surface area (Å²) in [7, 11) is 0. The van der Waals surface area contributed by atoms with Gasteiger partial charge in [0.15, 0.2) is 5.78 Å². The van der Waals surface area contributed by atoms with Gasteiger partial charge in [0, 0.05) is 10.9 Å². The van der Waals surface area contributed by atoms with Gasteiger partial charge in [-0.3, -0.25) is 9.59 Å². The molecule has 0 radical (unpaired) electrons. The van der Waals surface area contributed by atoms with Crippen molar-refractivity contribution in [2.75, 3.05) is 0 Å². The molecule has 3 rings (SSSR count). The zero-order chi connectivity index (χ0) is 22.0. The molecule has 2 N–H and O–H groups in total. The summed E-state index contributed by atoms with van der Waals surface area (Å²) in [5.74, 6) is -0.798. The molecule has 1 amide bonds. The third kappa shape index (κ3) is 4.10. The van der Waals surface area contributed by atoms with E-state index in [4.69, 9.17) is 10.2 Å². The first-order valence-electron chi connectivity index (χ1n) is 9.93. The van der Waals surface area contributed by atoms with Crippen LogP contribution in [0.2, 0.25) is 0 Å². The van der Waals surface area contributed by atoms with Gasteiger partial charge < -0.3 is 10.2 Å². The average Bonchev–Trinajstić information content (AvgIpc) is 2.71. The van der Waals surface area contributed by atoms with Crippen molar-refractivity contribution in [1.82, 2.24) is 0 Å². The Labute approximate surface area is 175 Å². The Kier molecular flexibility index (Phi) is 6.01. The maximum absolute atomic E-state index is 12.5. The van der Waals surface area contributed by atoms with E-state index >= 15 is 0 Å². The van der Waals surface area contributed by atoms with Crippen LogP contribution in [0, 0.1) is 13.8 Å². The molecule has 1 unspecified atom stereocenters. The number of carbonyl (C=O) groups excluding carboxylic acids is 2. The van der Waals surface area contributed by atoms with Crippen LogP contribution in [0.25, 0.3) is 17.0 Å². The fraction of sp³-hybridized carbons (Fsp3) is 0.240. The monoisotopic (exact) mass is 403 g/mol. The molecular weight excluding hydrogens is 378 g/mol. The van der Waals surface area contributed by atoms with E-state index in [1.807, 2.05) is 45.0 Å². The van der Waals surface area contributed by atoms with E-state index in [0.717, 1.165) is 23.1 Å². The molecule has 1 aromatic heterocycles. The zero-order valence-corrected chi connectivity index (χ0v) is 17.6. The standard InChI is InChI=1S/C25H25NO4/c1-5-15(3)19-12-17(8-11-21(27)18-9-6-14(2)7-10-18)13-20-16(4)22(24(26)28)25(29)30-23(19)20/h6-13,15H,5H2,1-4H3,(H2,26,28). The number of hydrogen-bond acceptors (Lipinski definition) is 4. The molecule has 5 nitrogen and oxygen atoms in total. The van der Waals surface area contributed by atoms with E-state index in [0.29, 0.717) is 22.1 Å². The normalized spacial score (nSPS) is 12.4. The van der Waals surface area contributed by atoms with Crippen LogP contribution in [0.3, 0.4) is 0 Å². The molecule has 0 spiro atoms. The van der Waals surface area contributed by atoms with E-state index in [-0.39, 0.29) is 17.3 Å². The number of fused-ring (bicyclic) bond motifs is 1. The first-order valence-corrected chi connectivity index (χ1v) is 9.93. The highest BCUT2D eigenvalue weighted by Gasteiger charge is 2.20. The number of rotatable bonds is 6. The molecule has 0 saturated carbocycles. The number of primary amides is 1. The lowest BCUT2D eigenvalue weighted by atomic mass is 9.92. The predicted molar refractivity (Wildman–Crippen MR) is 119 cm³/mol. The quantitative estimate of drug-likeness (QED) is 0.359. The first-order chi connectivity index (χ1) is 14.2. The summed E-state index contributed by atoms with van der Waals surface area (Å²) in [6.07, 6.45) is 4.10. The number of ketones is 1. The summed E-state index contributed by atoms with van der Waals surface area (Å²) in [4.78, 5) is 36.6. The number of nitrogens with two attached hydrogens (primary N) is 1. The van der Waals surface area contributed by atoms with Gasteiger partial charge >= 0.3 is 5.63 Å². The fourth-order valence-corrected chi connectivity index (χ4v) is 3.45. The maximum Gasteiger partial charge on any atom is 0.349 e. The van der Waals surface area contributed by atoms with Gasteiger partial charge in [-0.2, -0.15) is 0 Å². The Balaban J connectivity index is 2.15. The molecule has 0 aliphatic heterocycles. The molecule has 3 aromatic rings. The lowest BCUT2D eigenvalue weighted by Crippen LogP contribution is -2.23. The minimum absolute atomic E-state index is 0.102. The van der Waals surface area contributed by atoms with Crippen LogP contribution < -0.4 is 11.4 Å². The maximum atomic E-state index is 12.5. The second-order valence-electron chi connectivity index (χ2n) is 7.61. The van der Waals surface area contributed by atoms with Gasteiger partial charge in [0.1, 0.15) is 11.1 Å². The molecule has 2 aromatic carbocycles. The Morgan fingerprint density at radius 2 is 1.80 bits per heavy atom. The number of hydrogen-bond donors (Lipinski definition) is 1. The third-order valence-corrected chi connectivity index (χ3v) is 5.47. The van der Waals surface area contributed by atoms with Gasteiger partial charge in [0.2, 0.25) is 0 Å². The Hall–Kier alpha value is -3.47. The van der Waals surface area contributed by atoms with E-state index in [1.165, 1.54) is 6.08 Å². The van der Waals surface area contributed by atoms with Crippen molar-refractivity contribution in [2.24, 2.45) is 5.73 Å². The molecule has 0 bridgehead atoms. The second-order valence-corrected chi connectivity index (χ2v) is 7.61. The molecule has 0 aliphatic rings. The van der Waals surface area contributed by atoms with Crippen LogP contribution in [-0.4, -0.2) is 11.7 Å². The van der Waals surface area contributed by atoms with Crippen LogP contribution in [0.15, 0.2) is 51.7 Å². The van der Waals surface area contributed by atoms with E-state index in [1.54, 1.807) is 25.1 Å². The second kappa shape index (κ2) is 8.49. The summed E-state index contributed by atoms with van der Waals surface area (Å²) in [6, 6.07) is 11.1. The highest BCUT2D eigenvalue weighted by molar-refractivity contribution is 6.07. The SMILES string of the molecule is CCC(C)c1cc(C=CC(=O)c2ccc(C)cc2)cc2c(C)c(C(N)=O)c(=O)oc12. The Bertz CT molecular complexity index is 1220. The number of allylic oxidation sites excluding steroid dienone is 1. The molecule has 30 heavy (non-hydrogen) atoms. The minimum atomic E-state index is -0.816. The van der Waals surface area contributed by atoms with Gasteiger partial charge in [0.25, 0.3) is 5.91 Å². The summed E-state index contributed by atoms with van der Waals surface area (Å²) in [6.45, 7) is 7.74. The molecule has 1 atom stereocenters. The first kappa shape index (κ1) is 21.2. The smallest absolute Gasteiger partial charge is 0.349 e. The Morgan fingerprint density at radius 1 is 1.13 bits per heavy atom. The van der Waals surface area contributed by atoms with Crippen LogP contribution in [0.5, 0.6) is 0 Å². The summed E-state index contributed by atoms with van der Waals surface area (Å²) in [5.41, 5.74) is 8.79. The lowest BCUT2D eigenvalue weighted by Gasteiger charge is -2.15. The highest BCUT2D eigenvalue weighted by Crippen LogP contribution is 2.31. The molecular formula is C25H25NO4. The fourth-order valence-electron chi connectivity index (χ4n) is 3.45. The van der Waals surface area contributed by atoms with Crippen LogP contribution in [0.4, 0.5) is 0 Å². The molecule has 5 heteroatoms. The van der Waals surface area contributed by atoms with Crippen molar-refractivity contribution >= 4 is 28.7 Å². The molecule has 0 saturated heterocycles. The van der Waals surface area contributed by atoms with E-state index in [9.17, 15) is 14.4 Å². The van der Waals surface area contributed by atoms with Crippen molar-refractivity contribution in [3.63, 3.8) is 0 Å². The molecule has 154 valence electrons. The Morgan fingerprint density at radius 3 is 2.40 bits per heavy atom. The van der Waals surface area contributed by atoms with Crippen LogP contribution in [-0.2, 0) is 0 Å². The number of amides is 1. The summed E-state index contributed by atoms with van der Waals surface area (Å²) < 4.78 is 5.50. The van der Waals surface area contributed by atoms with Gasteiger partial charge in [0.05, 0.1) is 0 Å². The van der Waals surface area contributed by atoms with Gasteiger partial charge in [-0.25, -0.2) is 4.79 Å². The van der Waals surface area contributed by atoms with Crippen molar-refractivity contribution in [3.05, 3.63) is 86.3 Å². The van der Waals surface area contributed by atoms with Gasteiger partial charge in [-0.05, 0) is 61.1 Å². The van der Waals surface area contributed by atoms with E-state index in [2.05, 4.69) is 0 Å². The predicted octanol–water partition coefficient (Wildman–Crippen LogP) is 4.92. The van der Waals surface area contributed by atoms with Gasteiger partial charge in [-0.1, -0.05) is 49.8 Å². The zero-order valence-electron chi connectivity index (χ0n) is 17.6. The van der Waals surface area contributed by atoms with Crippen LogP contribution >= 0.6 is 0 Å². The lowest BCUT2D eigenvalue weighted by molar-refractivity contribution is 0.0995. The van der Waals surface area contributed by atoms with Crippen molar-refractivity contribution in [2.45, 2.75) is 40.0 Å². The third-order valence-electron chi connectivity index (χ3n) is 5.47. The molecule has 0 fully saturated rings. The van der Waals surface area contributed by atoms with Gasteiger partial charge in [-0.15, -0.1) is 0 Å². The van der Waals surface area contributed by atoms with Crippen molar-refractivity contribution in [1.29, 1.82) is 0 Å². The topological polar surface area (TPSA) is 90.4 Å². The number of carbonyl (C=O) groups is 2. The van der Waals surface area contributed by atoms with Crippen LogP contribution in [0.1, 0.15) is 69.2 Å². The molecule has 1 heterocycles. The highest BCUT2D eigenvalue weighted by atomic mass is 16.4. The largest absolute Gasteiger partial charge is 0.422 e. The van der Waals surface area contributed by atoms with Crippen molar-refractivity contribution < 1.29 is 14.0 Å². The number of benzene rings is 2.